The number of benzene rings is 1. The number of carboxylic acid groups (broad SMARTS) is 2. The van der Waals surface area contributed by atoms with Crippen molar-refractivity contribution in [2.45, 2.75) is 32.7 Å². The summed E-state index contributed by atoms with van der Waals surface area (Å²) in [5, 5.41) is 17.0. The first-order valence-electron chi connectivity index (χ1n) is 11.2. The topological polar surface area (TPSA) is 114 Å². The van der Waals surface area contributed by atoms with E-state index < -0.39 is 11.9 Å². The first kappa shape index (κ1) is 24.3. The second-order valence-corrected chi connectivity index (χ2v) is 8.36. The Morgan fingerprint density at radius 1 is 1.15 bits per heavy atom. The molecule has 1 amide bonds. The number of aromatic amines is 1. The summed E-state index contributed by atoms with van der Waals surface area (Å²) in [5.41, 5.74) is 5.38. The van der Waals surface area contributed by atoms with E-state index in [2.05, 4.69) is 61.3 Å². The van der Waals surface area contributed by atoms with Crippen molar-refractivity contribution >= 4 is 34.3 Å². The summed E-state index contributed by atoms with van der Waals surface area (Å²) in [4.78, 5) is 39.5. The number of aliphatic carboxylic acids is 2. The molecule has 0 saturated carbocycles. The van der Waals surface area contributed by atoms with Crippen LogP contribution in [0.2, 0.25) is 0 Å². The molecule has 8 nitrogen and oxygen atoms in total. The molecule has 3 N–H and O–H groups in total. The van der Waals surface area contributed by atoms with Gasteiger partial charge in [-0.25, -0.2) is 9.59 Å². The van der Waals surface area contributed by atoms with Crippen molar-refractivity contribution in [3.05, 3.63) is 53.8 Å². The largest absolute Gasteiger partial charge is 0.478 e. The predicted octanol–water partition coefficient (Wildman–Crippen LogP) is 3.01. The van der Waals surface area contributed by atoms with Crippen molar-refractivity contribution in [1.29, 1.82) is 0 Å². The van der Waals surface area contributed by atoms with Crippen molar-refractivity contribution in [2.75, 3.05) is 26.7 Å². The Bertz CT molecular complexity index is 1080. The van der Waals surface area contributed by atoms with Crippen molar-refractivity contribution in [1.82, 2.24) is 14.8 Å². The third-order valence-electron chi connectivity index (χ3n) is 6.26. The molecule has 2 aromatic rings. The molecule has 0 saturated heterocycles. The maximum Gasteiger partial charge on any atom is 0.328 e. The second-order valence-electron chi connectivity index (χ2n) is 8.36. The van der Waals surface area contributed by atoms with Crippen LogP contribution in [-0.4, -0.2) is 75.6 Å². The highest BCUT2D eigenvalue weighted by molar-refractivity contribution is 5.98. The average Bonchev–Trinajstić information content (AvgIpc) is 3.19. The number of nitrogens with zero attached hydrogens (tertiary/aromatic N) is 2. The van der Waals surface area contributed by atoms with Crippen LogP contribution in [0, 0.1) is 5.92 Å². The van der Waals surface area contributed by atoms with E-state index in [1.165, 1.54) is 27.6 Å². The van der Waals surface area contributed by atoms with E-state index in [-0.39, 0.29) is 5.91 Å². The van der Waals surface area contributed by atoms with Crippen molar-refractivity contribution in [3.63, 3.8) is 0 Å². The van der Waals surface area contributed by atoms with Crippen molar-refractivity contribution < 1.29 is 24.6 Å². The minimum atomic E-state index is -1.26. The quantitative estimate of drug-likeness (QED) is 0.580. The molecule has 0 bridgehead atoms. The number of aromatic nitrogens is 1. The summed E-state index contributed by atoms with van der Waals surface area (Å²) in [6, 6.07) is 6.94. The molecule has 0 unspecified atom stereocenters. The normalized spacial score (nSPS) is 19.4. The molecule has 0 fully saturated rings. The first-order valence-corrected chi connectivity index (χ1v) is 11.2. The van der Waals surface area contributed by atoms with Gasteiger partial charge in [-0.1, -0.05) is 18.2 Å². The van der Waals surface area contributed by atoms with Crippen molar-refractivity contribution in [3.8, 4) is 0 Å². The Kier molecular flexibility index (Phi) is 7.71. The van der Waals surface area contributed by atoms with Crippen LogP contribution in [0.4, 0.5) is 0 Å². The van der Waals surface area contributed by atoms with E-state index in [0.29, 0.717) is 30.5 Å². The summed E-state index contributed by atoms with van der Waals surface area (Å²) in [6.45, 7) is 6.65. The van der Waals surface area contributed by atoms with Crippen LogP contribution in [0.15, 0.2) is 42.6 Å². The number of hydrogen-bond acceptors (Lipinski definition) is 4. The van der Waals surface area contributed by atoms with Gasteiger partial charge in [0.1, 0.15) is 0 Å². The van der Waals surface area contributed by atoms with Crippen LogP contribution in [0.1, 0.15) is 31.4 Å². The van der Waals surface area contributed by atoms with Gasteiger partial charge in [-0.2, -0.15) is 0 Å². The molecule has 176 valence electrons. The highest BCUT2D eigenvalue weighted by atomic mass is 16.4. The second kappa shape index (κ2) is 10.5. The number of fused-ring (bicyclic) bond motifs is 2. The maximum atomic E-state index is 12.6. The van der Waals surface area contributed by atoms with Gasteiger partial charge in [-0.15, -0.1) is 0 Å². The number of nitrogens with one attached hydrogen (secondary N) is 1. The Labute approximate surface area is 193 Å². The number of H-pyrrole nitrogens is 1. The summed E-state index contributed by atoms with van der Waals surface area (Å²) in [7, 11) is 2.20. The monoisotopic (exact) mass is 453 g/mol. The number of amides is 1. The third-order valence-corrected chi connectivity index (χ3v) is 6.26. The number of rotatable bonds is 6. The van der Waals surface area contributed by atoms with Crippen LogP contribution >= 0.6 is 0 Å². The van der Waals surface area contributed by atoms with Gasteiger partial charge in [0.05, 0.1) is 0 Å². The third kappa shape index (κ3) is 5.51. The molecule has 0 radical (unpaired) electrons. The lowest BCUT2D eigenvalue weighted by atomic mass is 9.79. The fourth-order valence-corrected chi connectivity index (χ4v) is 4.75. The van der Waals surface area contributed by atoms with E-state index >= 15 is 0 Å². The van der Waals surface area contributed by atoms with Gasteiger partial charge in [-0.3, -0.25) is 9.69 Å². The lowest BCUT2D eigenvalue weighted by molar-refractivity contribution is -0.134. The molecule has 2 atom stereocenters. The van der Waals surface area contributed by atoms with E-state index in [4.69, 9.17) is 10.2 Å². The Balaban J connectivity index is 0.000000331. The molecule has 33 heavy (non-hydrogen) atoms. The Hall–Kier alpha value is -3.39. The fourth-order valence-electron chi connectivity index (χ4n) is 4.75. The number of carbonyl (C=O) groups is 3. The number of carbonyl (C=O) groups excluding carboxylic acids is 1. The molecular formula is C25H31N3O5. The molecule has 1 aromatic carbocycles. The fraction of sp³-hybridized carbons (Fsp3) is 0.400. The van der Waals surface area contributed by atoms with E-state index in [9.17, 15) is 14.4 Å². The lowest BCUT2D eigenvalue weighted by Gasteiger charge is -2.40. The van der Waals surface area contributed by atoms with Crippen LogP contribution in [0.3, 0.4) is 0 Å². The number of hydrogen-bond donors (Lipinski definition) is 3. The molecule has 8 heteroatoms. The average molecular weight is 454 g/mol. The Morgan fingerprint density at radius 2 is 1.82 bits per heavy atom. The molecular weight excluding hydrogens is 422 g/mol. The summed E-state index contributed by atoms with van der Waals surface area (Å²) >= 11 is 0. The summed E-state index contributed by atoms with van der Waals surface area (Å²) < 4.78 is 0. The molecule has 0 spiro atoms. The number of likely N-dealkylation sites (N-methyl/N-ethyl adjacent to an activating group) is 1. The zero-order valence-corrected chi connectivity index (χ0v) is 19.2. The van der Waals surface area contributed by atoms with Gasteiger partial charge < -0.3 is 20.1 Å². The van der Waals surface area contributed by atoms with E-state index in [0.717, 1.165) is 26.1 Å². The van der Waals surface area contributed by atoms with Crippen molar-refractivity contribution in [2.24, 2.45) is 5.92 Å². The standard InChI is InChI=1S/C21H27N3O.C4H4O4/c1-4-24(5-2)20(25)10-14-9-17-16-7-6-8-18-21(16)15(12-22-18)11-19(17)23(3)13-14;5-3(6)1-2-4(7)8/h6-9,12,14,19,22H,4-5,10-11,13H2,1-3H3;1-2H,(H,5,6)(H,7,8)/b;2-1-/t14-,19-;/m1./s1. The minimum Gasteiger partial charge on any atom is -0.478 e. The van der Waals surface area contributed by atoms with E-state index in [1.807, 2.05) is 4.90 Å². The molecule has 2 heterocycles. The maximum absolute atomic E-state index is 12.6. The first-order chi connectivity index (χ1) is 15.7. The van der Waals surface area contributed by atoms with Gasteiger partial charge in [0, 0.05) is 61.3 Å². The smallest absolute Gasteiger partial charge is 0.328 e. The van der Waals surface area contributed by atoms with Gasteiger partial charge in [-0.05, 0) is 56.0 Å². The van der Waals surface area contributed by atoms with E-state index in [1.54, 1.807) is 0 Å². The Morgan fingerprint density at radius 3 is 2.42 bits per heavy atom. The predicted molar refractivity (Wildman–Crippen MR) is 127 cm³/mol. The summed E-state index contributed by atoms with van der Waals surface area (Å²) in [6.07, 6.45) is 7.32. The summed E-state index contributed by atoms with van der Waals surface area (Å²) in [5.74, 6) is -1.95. The van der Waals surface area contributed by atoms with Crippen LogP contribution in [-0.2, 0) is 20.8 Å². The molecule has 1 aliphatic carbocycles. The lowest BCUT2D eigenvalue weighted by Crippen LogP contribution is -2.43. The van der Waals surface area contributed by atoms with Gasteiger partial charge in [0.2, 0.25) is 5.91 Å². The zero-order chi connectivity index (χ0) is 24.1. The minimum absolute atomic E-state index is 0.273. The SMILES string of the molecule is CCN(CC)C(=O)C[C@H]1C=C2c3cccc4[nH]cc(c34)C[C@H]2N(C)C1.O=C(O)/C=C\C(=O)O. The molecule has 1 aliphatic heterocycles. The van der Waals surface area contributed by atoms with Gasteiger partial charge in [0.25, 0.3) is 0 Å². The molecule has 1 aromatic heterocycles. The molecule has 4 rings (SSSR count). The number of carboxylic acids is 2. The van der Waals surface area contributed by atoms with Crippen LogP contribution in [0.25, 0.3) is 16.5 Å². The van der Waals surface area contributed by atoms with Gasteiger partial charge in [0.15, 0.2) is 0 Å². The molecule has 2 aliphatic rings. The van der Waals surface area contributed by atoms with Crippen LogP contribution < -0.4 is 0 Å². The highest BCUT2D eigenvalue weighted by Gasteiger charge is 2.34. The zero-order valence-electron chi connectivity index (χ0n) is 19.2. The highest BCUT2D eigenvalue weighted by Crippen LogP contribution is 2.41. The van der Waals surface area contributed by atoms with Gasteiger partial charge >= 0.3 is 11.9 Å². The van der Waals surface area contributed by atoms with Crippen LogP contribution in [0.5, 0.6) is 0 Å².